The lowest BCUT2D eigenvalue weighted by Crippen LogP contribution is -2.56. The van der Waals surface area contributed by atoms with Gasteiger partial charge in [-0.3, -0.25) is 0 Å². The van der Waals surface area contributed by atoms with Crippen molar-refractivity contribution in [2.75, 3.05) is 0 Å². The summed E-state index contributed by atoms with van der Waals surface area (Å²) >= 11 is 0. The molecule has 48 heavy (non-hydrogen) atoms. The second kappa shape index (κ2) is 11.1. The van der Waals surface area contributed by atoms with E-state index in [0.29, 0.717) is 5.75 Å². The van der Waals surface area contributed by atoms with E-state index in [2.05, 4.69) is 142 Å². The van der Waals surface area contributed by atoms with Gasteiger partial charge in [0.05, 0.1) is 0 Å². The zero-order chi connectivity index (χ0) is 33.6. The van der Waals surface area contributed by atoms with Crippen molar-refractivity contribution < 1.29 is 9.52 Å². The largest absolute Gasteiger partial charge is 0.509 e. The molecular weight excluding hydrogens is 575 g/mol. The molecule has 0 aliphatic rings. The normalized spacial score (nSPS) is 11.7. The number of phenolic OH excluding ortho intramolecular Hbond substituents is 1. The molecule has 0 radical (unpaired) electrons. The zero-order valence-electron chi connectivity index (χ0n) is 29.0. The number of aromatic hydroxyl groups is 1. The Morgan fingerprint density at radius 1 is 0.354 bits per heavy atom. The second-order valence-corrected chi connectivity index (χ2v) is 13.6. The number of rotatable bonds is 3. The SMILES string of the molecule is Bc1c(B)c(B)c(-c2c(B)c(O)c(B)c(-c3c4ccccc4c(-c4ccc5oc6ccccc6c5c4)c4ccccc34)c2B)c(B)c1B. The highest BCUT2D eigenvalue weighted by Gasteiger charge is 2.25. The van der Waals surface area contributed by atoms with E-state index < -0.39 is 0 Å². The molecule has 0 bridgehead atoms. The molecule has 2 nitrogen and oxygen atoms in total. The van der Waals surface area contributed by atoms with E-state index in [1.807, 2.05) is 12.1 Å². The number of fused-ring (bicyclic) bond motifs is 5. The van der Waals surface area contributed by atoms with Crippen molar-refractivity contribution >= 4 is 150 Å². The van der Waals surface area contributed by atoms with Crippen molar-refractivity contribution in [3.63, 3.8) is 0 Å². The predicted molar refractivity (Wildman–Crippen MR) is 232 cm³/mol. The second-order valence-electron chi connectivity index (χ2n) is 13.6. The van der Waals surface area contributed by atoms with Crippen LogP contribution in [0.1, 0.15) is 0 Å². The van der Waals surface area contributed by atoms with Crippen LogP contribution in [0.15, 0.2) is 95.4 Å². The van der Waals surface area contributed by atoms with Crippen LogP contribution in [0.2, 0.25) is 0 Å². The Balaban J connectivity index is 1.50. The first-order valence-electron chi connectivity index (χ1n) is 16.9. The minimum absolute atomic E-state index is 0.370. The predicted octanol–water partition coefficient (Wildman–Crippen LogP) is -3.33. The van der Waals surface area contributed by atoms with Crippen molar-refractivity contribution in [3.8, 4) is 39.1 Å². The molecule has 8 aromatic rings. The van der Waals surface area contributed by atoms with Crippen molar-refractivity contribution in [2.24, 2.45) is 0 Å². The van der Waals surface area contributed by atoms with Gasteiger partial charge < -0.3 is 9.52 Å². The van der Waals surface area contributed by atoms with E-state index in [0.717, 1.165) is 49.6 Å². The average Bonchev–Trinajstić information content (AvgIpc) is 3.48. The standard InChI is InChI=1S/C38H32B8O2/c39-30-27(33(42)38(47)34(43)28(30)29-31(40)35(44)37(46)36(45)32(29)41)26-20-10-3-1-8-18(20)25(19-9-2-4-11-21(19)26)16-13-14-24-22(15-16)17-7-5-6-12-23(17)48-24/h1-15,47H,39-46H2. The molecule has 0 atom stereocenters. The molecule has 1 heterocycles. The average molecular weight is 607 g/mol. The molecule has 0 spiro atoms. The van der Waals surface area contributed by atoms with Gasteiger partial charge in [0.1, 0.15) is 79.7 Å². The van der Waals surface area contributed by atoms with Crippen molar-refractivity contribution in [3.05, 3.63) is 91.0 Å². The Kier molecular flexibility index (Phi) is 7.07. The van der Waals surface area contributed by atoms with Crippen molar-refractivity contribution in [1.29, 1.82) is 0 Å². The van der Waals surface area contributed by atoms with Crippen LogP contribution in [0.4, 0.5) is 0 Å². The molecule has 0 saturated heterocycles. The van der Waals surface area contributed by atoms with Crippen LogP contribution in [0.3, 0.4) is 0 Å². The molecule has 0 aliphatic carbocycles. The third-order valence-electron chi connectivity index (χ3n) is 11.3. The van der Waals surface area contributed by atoms with Gasteiger partial charge in [0.15, 0.2) is 0 Å². The van der Waals surface area contributed by atoms with E-state index in [1.54, 1.807) is 0 Å². The van der Waals surface area contributed by atoms with Gasteiger partial charge in [0.25, 0.3) is 0 Å². The first-order valence-corrected chi connectivity index (χ1v) is 16.9. The van der Waals surface area contributed by atoms with Crippen LogP contribution < -0.4 is 43.7 Å². The molecule has 10 heteroatoms. The Labute approximate surface area is 288 Å². The maximum atomic E-state index is 11.9. The summed E-state index contributed by atoms with van der Waals surface area (Å²) in [5.74, 6) is 0.370. The minimum Gasteiger partial charge on any atom is -0.509 e. The lowest BCUT2D eigenvalue weighted by molar-refractivity contribution is 0.484. The van der Waals surface area contributed by atoms with Gasteiger partial charge in [-0.2, -0.15) is 0 Å². The van der Waals surface area contributed by atoms with Crippen LogP contribution >= 0.6 is 0 Å². The molecule has 0 aliphatic heterocycles. The van der Waals surface area contributed by atoms with Crippen LogP contribution in [-0.4, -0.2) is 67.9 Å². The van der Waals surface area contributed by atoms with E-state index in [-0.39, 0.29) is 0 Å². The van der Waals surface area contributed by atoms with E-state index in [1.165, 1.54) is 71.0 Å². The Morgan fingerprint density at radius 3 is 1.33 bits per heavy atom. The summed E-state index contributed by atoms with van der Waals surface area (Å²) in [4.78, 5) is 0. The van der Waals surface area contributed by atoms with E-state index in [9.17, 15) is 5.11 Å². The quantitative estimate of drug-likeness (QED) is 0.169. The zero-order valence-corrected chi connectivity index (χ0v) is 29.0. The first kappa shape index (κ1) is 30.5. The van der Waals surface area contributed by atoms with Gasteiger partial charge in [-0.05, 0) is 84.1 Å². The lowest BCUT2D eigenvalue weighted by atomic mass is 9.57. The maximum Gasteiger partial charge on any atom is 0.144 e. The highest BCUT2D eigenvalue weighted by Crippen LogP contribution is 2.44. The molecule has 1 N–H and O–H groups in total. The number of phenols is 1. The third-order valence-corrected chi connectivity index (χ3v) is 11.3. The Morgan fingerprint density at radius 2 is 0.771 bits per heavy atom. The fourth-order valence-corrected chi connectivity index (χ4v) is 8.42. The molecule has 0 saturated carbocycles. The van der Waals surface area contributed by atoms with Crippen LogP contribution in [0.5, 0.6) is 5.75 Å². The number of hydrogen-bond acceptors (Lipinski definition) is 2. The maximum absolute atomic E-state index is 11.9. The summed E-state index contributed by atoms with van der Waals surface area (Å²) in [5.41, 5.74) is 18.4. The summed E-state index contributed by atoms with van der Waals surface area (Å²) in [6.45, 7) is 0. The summed E-state index contributed by atoms with van der Waals surface area (Å²) in [5, 5.41) is 18.9. The molecule has 8 rings (SSSR count). The fraction of sp³-hybridized carbons (Fsp3) is 0. The molecule has 1 aromatic heterocycles. The number of furan rings is 1. The Hall–Kier alpha value is -4.82. The van der Waals surface area contributed by atoms with E-state index >= 15 is 0 Å². The summed E-state index contributed by atoms with van der Waals surface area (Å²) in [7, 11) is 17.6. The number of hydrogen-bond donors (Lipinski definition) is 1. The molecule has 0 amide bonds. The highest BCUT2D eigenvalue weighted by atomic mass is 16.3. The summed E-state index contributed by atoms with van der Waals surface area (Å²) in [6, 6.07) is 32.4. The van der Waals surface area contributed by atoms with Crippen LogP contribution in [-0.2, 0) is 0 Å². The topological polar surface area (TPSA) is 33.4 Å². The van der Waals surface area contributed by atoms with Gasteiger partial charge in [-0.1, -0.05) is 89.2 Å². The molecule has 220 valence electrons. The fourth-order valence-electron chi connectivity index (χ4n) is 8.42. The van der Waals surface area contributed by atoms with Gasteiger partial charge in [-0.15, -0.1) is 16.4 Å². The molecule has 0 unspecified atom stereocenters. The molecular formula is C38H32B8O2. The van der Waals surface area contributed by atoms with Gasteiger partial charge >= 0.3 is 0 Å². The van der Waals surface area contributed by atoms with Gasteiger partial charge in [0, 0.05) is 10.8 Å². The number of para-hydroxylation sites is 1. The summed E-state index contributed by atoms with van der Waals surface area (Å²) < 4.78 is 6.20. The summed E-state index contributed by atoms with van der Waals surface area (Å²) in [6.07, 6.45) is 0. The smallest absolute Gasteiger partial charge is 0.144 e. The van der Waals surface area contributed by atoms with E-state index in [4.69, 9.17) is 4.42 Å². The molecule has 0 fully saturated rings. The van der Waals surface area contributed by atoms with Crippen LogP contribution in [0.25, 0.3) is 76.9 Å². The molecule has 7 aromatic carbocycles. The van der Waals surface area contributed by atoms with Crippen molar-refractivity contribution in [2.45, 2.75) is 0 Å². The monoisotopic (exact) mass is 608 g/mol. The number of benzene rings is 7. The minimum atomic E-state index is 0.370. The first-order chi connectivity index (χ1) is 23.1. The van der Waals surface area contributed by atoms with Gasteiger partial charge in [-0.25, -0.2) is 0 Å². The van der Waals surface area contributed by atoms with Crippen molar-refractivity contribution in [1.82, 2.24) is 0 Å². The third kappa shape index (κ3) is 4.24. The lowest BCUT2D eigenvalue weighted by Gasteiger charge is -2.28. The highest BCUT2D eigenvalue weighted by molar-refractivity contribution is 6.69. The van der Waals surface area contributed by atoms with Gasteiger partial charge in [0.2, 0.25) is 0 Å². The Bertz CT molecular complexity index is 2590. The van der Waals surface area contributed by atoms with Crippen LogP contribution in [0, 0.1) is 0 Å².